The fourth-order valence-electron chi connectivity index (χ4n) is 0.777. The van der Waals surface area contributed by atoms with Gasteiger partial charge in [0.2, 0.25) is 0 Å². The molecule has 0 aliphatic heterocycles. The lowest BCUT2D eigenvalue weighted by Gasteiger charge is -2.01. The smallest absolute Gasteiger partial charge is 0.146 e. The van der Waals surface area contributed by atoms with Crippen LogP contribution in [0.1, 0.15) is 5.82 Å². The summed E-state index contributed by atoms with van der Waals surface area (Å²) < 4.78 is 1.85. The van der Waals surface area contributed by atoms with E-state index in [1.165, 1.54) is 0 Å². The summed E-state index contributed by atoms with van der Waals surface area (Å²) in [6, 6.07) is 0. The molecule has 1 aromatic rings. The van der Waals surface area contributed by atoms with Gasteiger partial charge in [0.15, 0.2) is 0 Å². The van der Waals surface area contributed by atoms with Gasteiger partial charge < -0.3 is 9.88 Å². The fourth-order valence-corrected chi connectivity index (χ4v) is 0.872. The third-order valence-corrected chi connectivity index (χ3v) is 1.54. The molecule has 0 aliphatic carbocycles. The van der Waals surface area contributed by atoms with Crippen LogP contribution in [0.25, 0.3) is 0 Å². The number of aryl methyl sites for hydroxylation is 1. The summed E-state index contributed by atoms with van der Waals surface area (Å²) >= 11 is 5.56. The molecule has 0 radical (unpaired) electrons. The van der Waals surface area contributed by atoms with Crippen LogP contribution in [-0.2, 0) is 13.6 Å². The number of hydrogen-bond acceptors (Lipinski definition) is 3. The molecule has 0 saturated carbocycles. The van der Waals surface area contributed by atoms with Crippen LogP contribution < -0.4 is 5.32 Å². The Hall–Kier alpha value is -0.870. The zero-order chi connectivity index (χ0) is 8.97. The van der Waals surface area contributed by atoms with Crippen molar-refractivity contribution in [3.63, 3.8) is 0 Å². The van der Waals surface area contributed by atoms with Crippen LogP contribution in [0.2, 0.25) is 0 Å². The largest absolute Gasteiger partial charge is 0.320 e. The predicted octanol–water partition coefficient (Wildman–Crippen LogP) is 0.657. The molecule has 0 saturated heterocycles. The zero-order valence-electron chi connectivity index (χ0n) is 6.92. The predicted molar refractivity (Wildman–Crippen MR) is 47.7 cm³/mol. The molecule has 0 spiro atoms. The van der Waals surface area contributed by atoms with E-state index in [1.807, 2.05) is 11.6 Å². The lowest BCUT2D eigenvalue weighted by atomic mass is 10.5. The Morgan fingerprint density at radius 2 is 2.58 bits per heavy atom. The van der Waals surface area contributed by atoms with Crippen molar-refractivity contribution in [2.24, 2.45) is 7.05 Å². The molecule has 0 fully saturated rings. The van der Waals surface area contributed by atoms with Crippen molar-refractivity contribution in [2.75, 3.05) is 6.54 Å². The first kappa shape index (κ1) is 9.22. The van der Waals surface area contributed by atoms with Gasteiger partial charge in [-0.3, -0.25) is 0 Å². The average molecular weight is 187 g/mol. The number of nitrogens with zero attached hydrogens (tertiary/aromatic N) is 3. The van der Waals surface area contributed by atoms with Crippen molar-refractivity contribution in [3.8, 4) is 0 Å². The molecule has 4 nitrogen and oxygen atoms in total. The Morgan fingerprint density at radius 3 is 3.08 bits per heavy atom. The SMILES string of the molecule is C=C(Cl)CNCc1nncn1C. The third kappa shape index (κ3) is 2.64. The van der Waals surface area contributed by atoms with Gasteiger partial charge in [-0.1, -0.05) is 18.2 Å². The Balaban J connectivity index is 2.33. The fraction of sp³-hybridized carbons (Fsp3) is 0.429. The molecule has 12 heavy (non-hydrogen) atoms. The van der Waals surface area contributed by atoms with Crippen molar-refractivity contribution < 1.29 is 0 Å². The summed E-state index contributed by atoms with van der Waals surface area (Å²) in [6.45, 7) is 4.80. The maximum Gasteiger partial charge on any atom is 0.146 e. The molecule has 0 unspecified atom stereocenters. The Bertz CT molecular complexity index is 268. The van der Waals surface area contributed by atoms with Crippen molar-refractivity contribution >= 4 is 11.6 Å². The summed E-state index contributed by atoms with van der Waals surface area (Å²) in [5.41, 5.74) is 0. The molecular weight excluding hydrogens is 176 g/mol. The Labute approximate surface area is 76.2 Å². The lowest BCUT2D eigenvalue weighted by molar-refractivity contribution is 0.675. The first-order valence-electron chi connectivity index (χ1n) is 3.57. The van der Waals surface area contributed by atoms with Crippen LogP contribution >= 0.6 is 11.6 Å². The highest BCUT2D eigenvalue weighted by Crippen LogP contribution is 1.94. The van der Waals surface area contributed by atoms with E-state index < -0.39 is 0 Å². The van der Waals surface area contributed by atoms with E-state index in [0.29, 0.717) is 18.1 Å². The molecule has 5 heteroatoms. The maximum absolute atomic E-state index is 5.56. The van der Waals surface area contributed by atoms with E-state index in [4.69, 9.17) is 11.6 Å². The maximum atomic E-state index is 5.56. The number of aromatic nitrogens is 3. The number of hydrogen-bond donors (Lipinski definition) is 1. The van der Waals surface area contributed by atoms with Crippen LogP contribution in [0.15, 0.2) is 17.9 Å². The highest BCUT2D eigenvalue weighted by Gasteiger charge is 1.98. The first-order valence-corrected chi connectivity index (χ1v) is 3.95. The minimum atomic E-state index is 0.592. The van der Waals surface area contributed by atoms with Gasteiger partial charge in [-0.05, 0) is 0 Å². The van der Waals surface area contributed by atoms with Crippen molar-refractivity contribution in [1.29, 1.82) is 0 Å². The summed E-state index contributed by atoms with van der Waals surface area (Å²) in [4.78, 5) is 0. The van der Waals surface area contributed by atoms with E-state index in [2.05, 4.69) is 22.1 Å². The molecule has 0 aliphatic rings. The second-order valence-electron chi connectivity index (χ2n) is 2.48. The van der Waals surface area contributed by atoms with E-state index >= 15 is 0 Å². The van der Waals surface area contributed by atoms with Gasteiger partial charge >= 0.3 is 0 Å². The molecule has 1 aromatic heterocycles. The van der Waals surface area contributed by atoms with Gasteiger partial charge in [0.25, 0.3) is 0 Å². The number of halogens is 1. The van der Waals surface area contributed by atoms with E-state index in [-0.39, 0.29) is 0 Å². The van der Waals surface area contributed by atoms with Gasteiger partial charge in [0, 0.05) is 18.6 Å². The molecule has 0 aromatic carbocycles. The van der Waals surface area contributed by atoms with Gasteiger partial charge in [0.1, 0.15) is 12.2 Å². The highest BCUT2D eigenvalue weighted by molar-refractivity contribution is 6.29. The second kappa shape index (κ2) is 4.23. The average Bonchev–Trinajstić information content (AvgIpc) is 2.36. The quantitative estimate of drug-likeness (QED) is 0.751. The van der Waals surface area contributed by atoms with Crippen LogP contribution in [0.5, 0.6) is 0 Å². The van der Waals surface area contributed by atoms with Crippen molar-refractivity contribution in [2.45, 2.75) is 6.54 Å². The van der Waals surface area contributed by atoms with Crippen LogP contribution in [0, 0.1) is 0 Å². The normalized spacial score (nSPS) is 10.2. The van der Waals surface area contributed by atoms with E-state index in [1.54, 1.807) is 6.33 Å². The standard InChI is InChI=1S/C7H11ClN4/c1-6(8)3-9-4-7-11-10-5-12(7)2/h5,9H,1,3-4H2,2H3. The van der Waals surface area contributed by atoms with E-state index in [0.717, 1.165) is 5.82 Å². The van der Waals surface area contributed by atoms with Crippen molar-refractivity contribution in [1.82, 2.24) is 20.1 Å². The molecule has 0 amide bonds. The number of rotatable bonds is 4. The summed E-state index contributed by atoms with van der Waals surface area (Å²) in [6.07, 6.45) is 1.66. The topological polar surface area (TPSA) is 42.7 Å². The van der Waals surface area contributed by atoms with Gasteiger partial charge in [-0.15, -0.1) is 10.2 Å². The lowest BCUT2D eigenvalue weighted by Crippen LogP contribution is -2.17. The van der Waals surface area contributed by atoms with E-state index in [9.17, 15) is 0 Å². The monoisotopic (exact) mass is 186 g/mol. The van der Waals surface area contributed by atoms with Crippen LogP contribution in [0.4, 0.5) is 0 Å². The number of nitrogens with one attached hydrogen (secondary N) is 1. The molecular formula is C7H11ClN4. The molecule has 66 valence electrons. The highest BCUT2D eigenvalue weighted by atomic mass is 35.5. The second-order valence-corrected chi connectivity index (χ2v) is 3.01. The van der Waals surface area contributed by atoms with Crippen LogP contribution in [0.3, 0.4) is 0 Å². The van der Waals surface area contributed by atoms with Gasteiger partial charge in [0.05, 0.1) is 6.54 Å². The molecule has 0 bridgehead atoms. The minimum Gasteiger partial charge on any atom is -0.320 e. The molecule has 1 N–H and O–H groups in total. The zero-order valence-corrected chi connectivity index (χ0v) is 7.67. The molecule has 0 atom stereocenters. The molecule has 1 rings (SSSR count). The first-order chi connectivity index (χ1) is 5.70. The molecule has 1 heterocycles. The van der Waals surface area contributed by atoms with Crippen molar-refractivity contribution in [3.05, 3.63) is 23.8 Å². The van der Waals surface area contributed by atoms with Crippen LogP contribution in [-0.4, -0.2) is 21.3 Å². The third-order valence-electron chi connectivity index (χ3n) is 1.41. The minimum absolute atomic E-state index is 0.592. The summed E-state index contributed by atoms with van der Waals surface area (Å²) in [5, 5.41) is 11.3. The van der Waals surface area contributed by atoms with Gasteiger partial charge in [-0.25, -0.2) is 0 Å². The van der Waals surface area contributed by atoms with Gasteiger partial charge in [-0.2, -0.15) is 0 Å². The Morgan fingerprint density at radius 1 is 1.83 bits per heavy atom. The summed E-state index contributed by atoms with van der Waals surface area (Å²) in [5.74, 6) is 0.882. The Kier molecular flexibility index (Phi) is 3.25. The summed E-state index contributed by atoms with van der Waals surface area (Å²) in [7, 11) is 1.90.